The Kier molecular flexibility index (Phi) is 42.0. The molecule has 9 heteroatoms. The first-order chi connectivity index (χ1) is 28.5. The van der Waals surface area contributed by atoms with Crippen LogP contribution in [0, 0.1) is 0 Å². The SMILES string of the molecule is CCCCCC/C=C\CCCCCCCC(=O)NC(COP(=O)(O)OCC[N+](C)(C)C)C(O)CCCCCCCCCCCCCCCCCCCCCCCCCC. The van der Waals surface area contributed by atoms with Gasteiger partial charge in [-0.15, -0.1) is 0 Å². The van der Waals surface area contributed by atoms with Gasteiger partial charge < -0.3 is 19.8 Å². The van der Waals surface area contributed by atoms with E-state index in [0.29, 0.717) is 23.9 Å². The van der Waals surface area contributed by atoms with Gasteiger partial charge in [-0.05, 0) is 38.5 Å². The molecule has 0 aliphatic rings. The number of unbranched alkanes of at least 4 members (excludes halogenated alkanes) is 32. The van der Waals surface area contributed by atoms with Gasteiger partial charge in [-0.2, -0.15) is 0 Å². The second kappa shape index (κ2) is 42.5. The molecule has 3 unspecified atom stereocenters. The highest BCUT2D eigenvalue weighted by Gasteiger charge is 2.28. The standard InChI is InChI=1S/C50H101N2O6P/c1-6-8-10-12-14-16-18-20-21-22-23-24-25-26-27-28-29-30-32-33-35-37-39-41-43-49(53)48(47-58-59(55,56)57-46-45-52(3,4)5)51-50(54)44-42-40-38-36-34-31-19-17-15-13-11-9-7-2/h17,19,48-49,53H,6-16,18,20-47H2,1-5H3,(H-,51,54,55,56)/p+1/b19-17-. The Morgan fingerprint density at radius 2 is 0.915 bits per heavy atom. The monoisotopic (exact) mass is 858 g/mol. The van der Waals surface area contributed by atoms with Gasteiger partial charge in [-0.25, -0.2) is 4.57 Å². The van der Waals surface area contributed by atoms with Crippen LogP contribution in [0.3, 0.4) is 0 Å². The summed E-state index contributed by atoms with van der Waals surface area (Å²) in [6.45, 7) is 4.89. The van der Waals surface area contributed by atoms with E-state index in [2.05, 4.69) is 31.3 Å². The van der Waals surface area contributed by atoms with Crippen LogP contribution in [0.1, 0.15) is 251 Å². The topological polar surface area (TPSA) is 105 Å². The maximum absolute atomic E-state index is 12.9. The number of aliphatic hydroxyl groups is 1. The first kappa shape index (κ1) is 58.2. The summed E-state index contributed by atoms with van der Waals surface area (Å²) in [6, 6.07) is -0.761. The van der Waals surface area contributed by atoms with Gasteiger partial charge in [0, 0.05) is 6.42 Å². The van der Waals surface area contributed by atoms with Gasteiger partial charge in [0.15, 0.2) is 0 Å². The number of likely N-dealkylation sites (N-methyl/N-ethyl adjacent to an activating group) is 1. The van der Waals surface area contributed by atoms with Crippen LogP contribution < -0.4 is 5.32 Å². The Morgan fingerprint density at radius 3 is 1.32 bits per heavy atom. The number of aliphatic hydroxyl groups excluding tert-OH is 1. The molecule has 0 rings (SSSR count). The summed E-state index contributed by atoms with van der Waals surface area (Å²) in [5.41, 5.74) is 0. The van der Waals surface area contributed by atoms with E-state index in [4.69, 9.17) is 9.05 Å². The predicted octanol–water partition coefficient (Wildman–Crippen LogP) is 14.7. The molecule has 0 aliphatic heterocycles. The molecular formula is C50H102N2O6P+. The molecule has 0 bridgehead atoms. The third-order valence-electron chi connectivity index (χ3n) is 11.8. The van der Waals surface area contributed by atoms with E-state index < -0.39 is 20.0 Å². The molecule has 0 fully saturated rings. The fourth-order valence-electron chi connectivity index (χ4n) is 7.69. The van der Waals surface area contributed by atoms with E-state index >= 15 is 0 Å². The molecule has 0 aromatic carbocycles. The number of phosphoric acid groups is 1. The van der Waals surface area contributed by atoms with E-state index in [1.807, 2.05) is 21.1 Å². The van der Waals surface area contributed by atoms with Crippen LogP contribution in [0.25, 0.3) is 0 Å². The molecule has 1 amide bonds. The minimum atomic E-state index is -4.32. The summed E-state index contributed by atoms with van der Waals surface area (Å²) in [5.74, 6) is -0.151. The van der Waals surface area contributed by atoms with Gasteiger partial charge in [0.2, 0.25) is 5.91 Å². The lowest BCUT2D eigenvalue weighted by Gasteiger charge is -2.26. The summed E-state index contributed by atoms with van der Waals surface area (Å²) in [5, 5.41) is 14.0. The molecule has 352 valence electrons. The van der Waals surface area contributed by atoms with Crippen LogP contribution in [0.15, 0.2) is 12.2 Å². The fraction of sp³-hybridized carbons (Fsp3) is 0.940. The number of hydrogen-bond acceptors (Lipinski definition) is 5. The average molecular weight is 858 g/mol. The van der Waals surface area contributed by atoms with E-state index in [0.717, 1.165) is 51.4 Å². The minimum absolute atomic E-state index is 0.0751. The van der Waals surface area contributed by atoms with E-state index in [-0.39, 0.29) is 19.1 Å². The lowest BCUT2D eigenvalue weighted by atomic mass is 10.0. The molecule has 3 N–H and O–H groups in total. The van der Waals surface area contributed by atoms with Crippen LogP contribution in [0.2, 0.25) is 0 Å². The lowest BCUT2D eigenvalue weighted by molar-refractivity contribution is -0.870. The van der Waals surface area contributed by atoms with Crippen molar-refractivity contribution < 1.29 is 32.9 Å². The molecule has 0 heterocycles. The number of hydrogen-bond donors (Lipinski definition) is 3. The van der Waals surface area contributed by atoms with Crippen molar-refractivity contribution in [1.82, 2.24) is 5.32 Å². The molecule has 0 radical (unpaired) electrons. The Bertz CT molecular complexity index is 974. The number of allylic oxidation sites excluding steroid dienone is 2. The second-order valence-corrected chi connectivity index (χ2v) is 20.4. The smallest absolute Gasteiger partial charge is 0.391 e. The first-order valence-electron chi connectivity index (χ1n) is 25.6. The van der Waals surface area contributed by atoms with Crippen molar-refractivity contribution in [3.63, 3.8) is 0 Å². The second-order valence-electron chi connectivity index (χ2n) is 18.9. The maximum Gasteiger partial charge on any atom is 0.472 e. The molecular weight excluding hydrogens is 756 g/mol. The van der Waals surface area contributed by atoms with Gasteiger partial charge >= 0.3 is 7.82 Å². The van der Waals surface area contributed by atoms with Crippen molar-refractivity contribution in [2.24, 2.45) is 0 Å². The van der Waals surface area contributed by atoms with Gasteiger partial charge in [0.05, 0.1) is 39.9 Å². The van der Waals surface area contributed by atoms with Crippen molar-refractivity contribution in [1.29, 1.82) is 0 Å². The summed E-state index contributed by atoms with van der Waals surface area (Å²) < 4.78 is 23.7. The zero-order valence-electron chi connectivity index (χ0n) is 40.0. The molecule has 3 atom stereocenters. The molecule has 0 aromatic rings. The van der Waals surface area contributed by atoms with Crippen LogP contribution in [-0.4, -0.2) is 73.4 Å². The Hall–Kier alpha value is -0.760. The van der Waals surface area contributed by atoms with Gasteiger partial charge in [0.25, 0.3) is 0 Å². The van der Waals surface area contributed by atoms with Crippen molar-refractivity contribution >= 4 is 13.7 Å². The molecule has 0 saturated heterocycles. The zero-order valence-corrected chi connectivity index (χ0v) is 40.9. The van der Waals surface area contributed by atoms with Crippen LogP contribution in [0.4, 0.5) is 0 Å². The van der Waals surface area contributed by atoms with E-state index in [1.165, 1.54) is 173 Å². The van der Waals surface area contributed by atoms with Crippen molar-refractivity contribution in [2.75, 3.05) is 40.9 Å². The summed E-state index contributed by atoms with van der Waals surface area (Å²) in [4.78, 5) is 23.2. The van der Waals surface area contributed by atoms with Crippen LogP contribution in [-0.2, 0) is 18.4 Å². The highest BCUT2D eigenvalue weighted by atomic mass is 31.2. The Balaban J connectivity index is 4.17. The van der Waals surface area contributed by atoms with Gasteiger partial charge in [0.1, 0.15) is 13.2 Å². The maximum atomic E-state index is 12.9. The number of nitrogens with zero attached hydrogens (tertiary/aromatic N) is 1. The van der Waals surface area contributed by atoms with Crippen molar-refractivity contribution in [2.45, 2.75) is 264 Å². The number of quaternary nitrogens is 1. The predicted molar refractivity (Wildman–Crippen MR) is 254 cm³/mol. The summed E-state index contributed by atoms with van der Waals surface area (Å²) in [7, 11) is 1.62. The Labute approximate surface area is 367 Å². The number of nitrogens with one attached hydrogen (secondary N) is 1. The van der Waals surface area contributed by atoms with Gasteiger partial charge in [-0.1, -0.05) is 219 Å². The number of phosphoric ester groups is 1. The number of rotatable bonds is 47. The highest BCUT2D eigenvalue weighted by molar-refractivity contribution is 7.47. The van der Waals surface area contributed by atoms with Crippen molar-refractivity contribution in [3.8, 4) is 0 Å². The third kappa shape index (κ3) is 45.1. The molecule has 8 nitrogen and oxygen atoms in total. The quantitative estimate of drug-likeness (QED) is 0.0244. The average Bonchev–Trinajstić information content (AvgIpc) is 3.19. The lowest BCUT2D eigenvalue weighted by Crippen LogP contribution is -2.46. The Morgan fingerprint density at radius 1 is 0.559 bits per heavy atom. The first-order valence-corrected chi connectivity index (χ1v) is 27.0. The van der Waals surface area contributed by atoms with Crippen LogP contribution in [0.5, 0.6) is 0 Å². The normalized spacial score (nSPS) is 14.2. The number of carbonyl (C=O) groups is 1. The number of amides is 1. The third-order valence-corrected chi connectivity index (χ3v) is 12.7. The summed E-state index contributed by atoms with van der Waals surface area (Å²) >= 11 is 0. The summed E-state index contributed by atoms with van der Waals surface area (Å²) in [6.07, 6.45) is 49.7. The zero-order chi connectivity index (χ0) is 43.6. The minimum Gasteiger partial charge on any atom is -0.391 e. The van der Waals surface area contributed by atoms with E-state index in [9.17, 15) is 19.4 Å². The molecule has 0 aliphatic carbocycles. The largest absolute Gasteiger partial charge is 0.472 e. The van der Waals surface area contributed by atoms with Crippen molar-refractivity contribution in [3.05, 3.63) is 12.2 Å². The fourth-order valence-corrected chi connectivity index (χ4v) is 8.43. The van der Waals surface area contributed by atoms with Gasteiger partial charge in [-0.3, -0.25) is 13.8 Å². The molecule has 59 heavy (non-hydrogen) atoms. The molecule has 0 spiro atoms. The number of carbonyl (C=O) groups excluding carboxylic acids is 1. The molecule has 0 aromatic heterocycles. The molecule has 0 saturated carbocycles. The van der Waals surface area contributed by atoms with E-state index in [1.54, 1.807) is 0 Å². The highest BCUT2D eigenvalue weighted by Crippen LogP contribution is 2.43. The van der Waals surface area contributed by atoms with Crippen LogP contribution >= 0.6 is 7.82 Å².